The summed E-state index contributed by atoms with van der Waals surface area (Å²) >= 11 is 0.865. The molecule has 2 heterocycles. The zero-order chi connectivity index (χ0) is 13.3. The van der Waals surface area contributed by atoms with Crippen LogP contribution in [0, 0.1) is 6.92 Å². The summed E-state index contributed by atoms with van der Waals surface area (Å²) in [6.45, 7) is 1.37. The van der Waals surface area contributed by atoms with Crippen LogP contribution in [0.25, 0.3) is 0 Å². The van der Waals surface area contributed by atoms with E-state index in [0.29, 0.717) is 0 Å². The Hall–Kier alpha value is -1.94. The Kier molecular flexibility index (Phi) is 3.05. The number of aromatic carboxylic acids is 1. The lowest BCUT2D eigenvalue weighted by Crippen LogP contribution is -2.12. The molecule has 8 nitrogen and oxygen atoms in total. The van der Waals surface area contributed by atoms with Gasteiger partial charge >= 0.3 is 5.97 Å². The topological polar surface area (TPSA) is 122 Å². The molecule has 2 rings (SSSR count). The van der Waals surface area contributed by atoms with Crippen LogP contribution in [0.3, 0.4) is 0 Å². The molecule has 0 fully saturated rings. The van der Waals surface area contributed by atoms with E-state index in [1.165, 1.54) is 13.1 Å². The largest absolute Gasteiger partial charge is 0.475 e. The minimum Gasteiger partial charge on any atom is -0.475 e. The third kappa shape index (κ3) is 2.33. The number of hydrogen-bond donors (Lipinski definition) is 2. The van der Waals surface area contributed by atoms with Gasteiger partial charge in [0.2, 0.25) is 5.76 Å². The van der Waals surface area contributed by atoms with E-state index in [0.717, 1.165) is 17.6 Å². The van der Waals surface area contributed by atoms with E-state index in [9.17, 15) is 13.2 Å². The van der Waals surface area contributed by atoms with Crippen LogP contribution < -0.4 is 4.72 Å². The standard InChI is InChI=1S/C8H7N3O5S2/c1-4-6(2-5(16-4)8(12)13)18(14,15)10-7-3-9-11-17-7/h2-3,10H,1H3,(H,12,13). The normalized spacial score (nSPS) is 11.4. The first-order chi connectivity index (χ1) is 8.40. The average molecular weight is 289 g/mol. The number of nitrogens with one attached hydrogen (secondary N) is 1. The predicted molar refractivity (Wildman–Crippen MR) is 61.1 cm³/mol. The third-order valence-electron chi connectivity index (χ3n) is 1.97. The summed E-state index contributed by atoms with van der Waals surface area (Å²) in [7, 11) is -3.90. The Labute approximate surface area is 105 Å². The van der Waals surface area contributed by atoms with Crippen molar-refractivity contribution < 1.29 is 22.7 Å². The van der Waals surface area contributed by atoms with Gasteiger partial charge in [-0.15, -0.1) is 5.10 Å². The summed E-state index contributed by atoms with van der Waals surface area (Å²) in [4.78, 5) is 10.5. The molecule has 0 aliphatic rings. The maximum atomic E-state index is 11.9. The van der Waals surface area contributed by atoms with E-state index < -0.39 is 21.8 Å². The zero-order valence-corrected chi connectivity index (χ0v) is 10.6. The first-order valence-electron chi connectivity index (χ1n) is 4.54. The second-order valence-corrected chi connectivity index (χ2v) is 5.66. The van der Waals surface area contributed by atoms with Crippen LogP contribution in [0.1, 0.15) is 16.3 Å². The van der Waals surface area contributed by atoms with Gasteiger partial charge in [0.05, 0.1) is 6.20 Å². The first kappa shape index (κ1) is 12.5. The highest BCUT2D eigenvalue weighted by atomic mass is 32.2. The lowest BCUT2D eigenvalue weighted by atomic mass is 10.4. The van der Waals surface area contributed by atoms with Gasteiger partial charge in [-0.2, -0.15) is 0 Å². The molecule has 0 aromatic carbocycles. The number of aryl methyl sites for hydroxylation is 1. The number of rotatable bonds is 4. The predicted octanol–water partition coefficient (Wildman–Crippen LogP) is 0.939. The molecule has 0 aliphatic heterocycles. The molecule has 10 heteroatoms. The fraction of sp³-hybridized carbons (Fsp3) is 0.125. The number of nitrogens with zero attached hydrogens (tertiary/aromatic N) is 2. The van der Waals surface area contributed by atoms with Gasteiger partial charge in [0.15, 0.2) is 0 Å². The number of sulfonamides is 1. The Morgan fingerprint density at radius 3 is 2.78 bits per heavy atom. The van der Waals surface area contributed by atoms with Gasteiger partial charge in [0, 0.05) is 17.6 Å². The number of anilines is 1. The van der Waals surface area contributed by atoms with Crippen LogP contribution in [0.4, 0.5) is 5.00 Å². The summed E-state index contributed by atoms with van der Waals surface area (Å²) in [6, 6.07) is 0.953. The molecule has 0 aliphatic carbocycles. The molecular weight excluding hydrogens is 282 g/mol. The summed E-state index contributed by atoms with van der Waals surface area (Å²) in [6.07, 6.45) is 1.25. The lowest BCUT2D eigenvalue weighted by Gasteiger charge is -2.02. The molecule has 2 aromatic rings. The van der Waals surface area contributed by atoms with Crippen LogP contribution >= 0.6 is 11.5 Å². The van der Waals surface area contributed by atoms with Crippen LogP contribution in [-0.2, 0) is 10.0 Å². The van der Waals surface area contributed by atoms with Crippen LogP contribution in [0.2, 0.25) is 0 Å². The van der Waals surface area contributed by atoms with E-state index in [4.69, 9.17) is 9.52 Å². The van der Waals surface area contributed by atoms with Crippen molar-refractivity contribution in [3.63, 3.8) is 0 Å². The first-order valence-corrected chi connectivity index (χ1v) is 6.80. The fourth-order valence-corrected chi connectivity index (χ4v) is 3.10. The van der Waals surface area contributed by atoms with Gasteiger partial charge in [0.1, 0.15) is 15.7 Å². The maximum absolute atomic E-state index is 11.9. The van der Waals surface area contributed by atoms with Gasteiger partial charge in [-0.1, -0.05) is 4.49 Å². The molecule has 2 aromatic heterocycles. The van der Waals surface area contributed by atoms with Crippen molar-refractivity contribution in [1.29, 1.82) is 0 Å². The van der Waals surface area contributed by atoms with E-state index in [1.807, 2.05) is 0 Å². The molecule has 0 saturated heterocycles. The second-order valence-electron chi connectivity index (χ2n) is 3.22. The summed E-state index contributed by atoms with van der Waals surface area (Å²) < 4.78 is 34.4. The number of carboxylic acid groups (broad SMARTS) is 1. The molecular formula is C8H7N3O5S2. The Morgan fingerprint density at radius 2 is 2.28 bits per heavy atom. The van der Waals surface area contributed by atoms with Crippen molar-refractivity contribution in [3.05, 3.63) is 23.8 Å². The highest BCUT2D eigenvalue weighted by molar-refractivity contribution is 7.93. The quantitative estimate of drug-likeness (QED) is 0.858. The van der Waals surface area contributed by atoms with E-state index in [1.54, 1.807) is 0 Å². The molecule has 0 amide bonds. The zero-order valence-electron chi connectivity index (χ0n) is 8.95. The molecule has 0 atom stereocenters. The smallest absolute Gasteiger partial charge is 0.371 e. The SMILES string of the molecule is Cc1oc(C(=O)O)cc1S(=O)(=O)Nc1cnns1. The maximum Gasteiger partial charge on any atom is 0.371 e. The molecule has 18 heavy (non-hydrogen) atoms. The number of carboxylic acids is 1. The van der Waals surface area contributed by atoms with Crippen molar-refractivity contribution in [2.24, 2.45) is 0 Å². The van der Waals surface area contributed by atoms with E-state index in [-0.39, 0.29) is 15.7 Å². The number of hydrogen-bond acceptors (Lipinski definition) is 7. The highest BCUT2D eigenvalue weighted by Crippen LogP contribution is 2.23. The average Bonchev–Trinajstić information content (AvgIpc) is 2.86. The van der Waals surface area contributed by atoms with Crippen molar-refractivity contribution in [2.75, 3.05) is 4.72 Å². The minimum atomic E-state index is -3.90. The highest BCUT2D eigenvalue weighted by Gasteiger charge is 2.24. The summed E-state index contributed by atoms with van der Waals surface area (Å²) in [5.74, 6) is -1.77. The van der Waals surface area contributed by atoms with Gasteiger partial charge in [-0.05, 0) is 6.92 Å². The summed E-state index contributed by atoms with van der Waals surface area (Å²) in [5.41, 5.74) is 0. The van der Waals surface area contributed by atoms with Crippen molar-refractivity contribution in [3.8, 4) is 0 Å². The van der Waals surface area contributed by atoms with Crippen molar-refractivity contribution >= 4 is 32.5 Å². The molecule has 0 unspecified atom stereocenters. The van der Waals surface area contributed by atoms with Crippen LogP contribution in [-0.4, -0.2) is 29.1 Å². The summed E-state index contributed by atoms with van der Waals surface area (Å²) in [5, 5.41) is 12.4. The lowest BCUT2D eigenvalue weighted by molar-refractivity contribution is 0.0661. The third-order valence-corrected chi connectivity index (χ3v) is 4.15. The molecule has 0 spiro atoms. The minimum absolute atomic E-state index is 0.00243. The van der Waals surface area contributed by atoms with Crippen molar-refractivity contribution in [1.82, 2.24) is 9.59 Å². The number of carbonyl (C=O) groups is 1. The number of aromatic nitrogens is 2. The van der Waals surface area contributed by atoms with Gasteiger partial charge in [-0.3, -0.25) is 4.72 Å². The van der Waals surface area contributed by atoms with Crippen LogP contribution in [0.5, 0.6) is 0 Å². The van der Waals surface area contributed by atoms with E-state index >= 15 is 0 Å². The Morgan fingerprint density at radius 1 is 1.56 bits per heavy atom. The molecule has 2 N–H and O–H groups in total. The van der Waals surface area contributed by atoms with Gasteiger partial charge in [-0.25, -0.2) is 13.2 Å². The Bertz CT molecular complexity index is 674. The second kappa shape index (κ2) is 4.38. The van der Waals surface area contributed by atoms with E-state index in [2.05, 4.69) is 14.3 Å². The molecule has 0 bridgehead atoms. The fourth-order valence-electron chi connectivity index (χ4n) is 1.24. The molecule has 96 valence electrons. The van der Waals surface area contributed by atoms with Crippen LogP contribution in [0.15, 0.2) is 21.6 Å². The van der Waals surface area contributed by atoms with Gasteiger partial charge in [0.25, 0.3) is 10.0 Å². The monoisotopic (exact) mass is 289 g/mol. The molecule has 0 radical (unpaired) electrons. The molecule has 0 saturated carbocycles. The van der Waals surface area contributed by atoms with Gasteiger partial charge < -0.3 is 9.52 Å². The number of furan rings is 1. The van der Waals surface area contributed by atoms with Crippen molar-refractivity contribution in [2.45, 2.75) is 11.8 Å². The Balaban J connectivity index is 2.38.